The zero-order chi connectivity index (χ0) is 13.8. The van der Waals surface area contributed by atoms with Gasteiger partial charge in [-0.2, -0.15) is 11.8 Å². The standard InChI is InChI=1S/C14H23N3OS/c1-3-17-9-10(15)7-13(17)14(18)16-11-5-4-6-12(8-11)19-2/h7,9,11-12H,3-6,8,15H2,1-2H3,(H,16,18). The molecule has 1 fully saturated rings. The summed E-state index contributed by atoms with van der Waals surface area (Å²) in [6.45, 7) is 2.78. The number of thioether (sulfide) groups is 1. The summed E-state index contributed by atoms with van der Waals surface area (Å²) in [5.41, 5.74) is 7.09. The van der Waals surface area contributed by atoms with Crippen molar-refractivity contribution >= 4 is 23.4 Å². The molecule has 4 nitrogen and oxygen atoms in total. The molecule has 0 aliphatic heterocycles. The molecule has 1 aromatic heterocycles. The molecule has 0 saturated heterocycles. The molecular weight excluding hydrogens is 258 g/mol. The topological polar surface area (TPSA) is 60.0 Å². The first kappa shape index (κ1) is 14.3. The lowest BCUT2D eigenvalue weighted by molar-refractivity contribution is 0.0919. The lowest BCUT2D eigenvalue weighted by Crippen LogP contribution is -2.39. The van der Waals surface area contributed by atoms with Crippen LogP contribution >= 0.6 is 11.8 Å². The predicted octanol–water partition coefficient (Wildman–Crippen LogP) is 2.49. The predicted molar refractivity (Wildman–Crippen MR) is 81.5 cm³/mol. The Morgan fingerprint density at radius 1 is 1.58 bits per heavy atom. The Kier molecular flexibility index (Phi) is 4.80. The Morgan fingerprint density at radius 2 is 2.37 bits per heavy atom. The molecule has 5 heteroatoms. The van der Waals surface area contributed by atoms with Crippen LogP contribution in [-0.4, -0.2) is 28.0 Å². The second-order valence-electron chi connectivity index (χ2n) is 5.14. The second kappa shape index (κ2) is 6.37. The molecule has 1 heterocycles. The van der Waals surface area contributed by atoms with E-state index in [1.807, 2.05) is 29.4 Å². The van der Waals surface area contributed by atoms with Crippen LogP contribution in [0.15, 0.2) is 12.3 Å². The van der Waals surface area contributed by atoms with E-state index in [1.165, 1.54) is 12.8 Å². The average molecular weight is 281 g/mol. The van der Waals surface area contributed by atoms with Crippen molar-refractivity contribution in [2.24, 2.45) is 0 Å². The van der Waals surface area contributed by atoms with Crippen LogP contribution in [0.4, 0.5) is 5.69 Å². The van der Waals surface area contributed by atoms with E-state index < -0.39 is 0 Å². The van der Waals surface area contributed by atoms with Gasteiger partial charge in [-0.3, -0.25) is 4.79 Å². The molecular formula is C14H23N3OS. The second-order valence-corrected chi connectivity index (χ2v) is 6.28. The molecule has 0 aromatic carbocycles. The molecule has 0 radical (unpaired) electrons. The third kappa shape index (κ3) is 3.47. The van der Waals surface area contributed by atoms with Crippen molar-refractivity contribution in [3.8, 4) is 0 Å². The molecule has 2 rings (SSSR count). The van der Waals surface area contributed by atoms with Crippen LogP contribution in [0.3, 0.4) is 0 Å². The smallest absolute Gasteiger partial charge is 0.268 e. The van der Waals surface area contributed by atoms with Crippen LogP contribution in [0, 0.1) is 0 Å². The Bertz CT molecular complexity index is 444. The molecule has 0 spiro atoms. The summed E-state index contributed by atoms with van der Waals surface area (Å²) in [5, 5.41) is 3.84. The van der Waals surface area contributed by atoms with Gasteiger partial charge in [0.25, 0.3) is 5.91 Å². The summed E-state index contributed by atoms with van der Waals surface area (Å²) < 4.78 is 1.90. The van der Waals surface area contributed by atoms with E-state index in [2.05, 4.69) is 11.6 Å². The molecule has 2 atom stereocenters. The molecule has 0 bridgehead atoms. The van der Waals surface area contributed by atoms with Gasteiger partial charge in [-0.25, -0.2) is 0 Å². The number of anilines is 1. The number of hydrogen-bond acceptors (Lipinski definition) is 3. The molecule has 1 aliphatic carbocycles. The Labute approximate surface area is 119 Å². The third-order valence-corrected chi connectivity index (χ3v) is 4.88. The molecule has 106 valence electrons. The molecule has 1 saturated carbocycles. The first-order valence-electron chi connectivity index (χ1n) is 6.93. The lowest BCUT2D eigenvalue weighted by Gasteiger charge is -2.28. The van der Waals surface area contributed by atoms with E-state index in [1.54, 1.807) is 6.07 Å². The van der Waals surface area contributed by atoms with Crippen LogP contribution in [0.25, 0.3) is 0 Å². The molecule has 1 amide bonds. The van der Waals surface area contributed by atoms with Gasteiger partial charge < -0.3 is 15.6 Å². The highest BCUT2D eigenvalue weighted by molar-refractivity contribution is 7.99. The van der Waals surface area contributed by atoms with Crippen LogP contribution < -0.4 is 11.1 Å². The van der Waals surface area contributed by atoms with Crippen molar-refractivity contribution < 1.29 is 4.79 Å². The number of amides is 1. The van der Waals surface area contributed by atoms with Crippen molar-refractivity contribution in [2.75, 3.05) is 12.0 Å². The number of nitrogens with one attached hydrogen (secondary N) is 1. The van der Waals surface area contributed by atoms with Crippen molar-refractivity contribution in [1.82, 2.24) is 9.88 Å². The van der Waals surface area contributed by atoms with Gasteiger partial charge in [0, 0.05) is 24.0 Å². The maximum atomic E-state index is 12.3. The van der Waals surface area contributed by atoms with E-state index in [9.17, 15) is 4.79 Å². The highest BCUT2D eigenvalue weighted by atomic mass is 32.2. The maximum Gasteiger partial charge on any atom is 0.268 e. The number of carbonyl (C=O) groups excluding carboxylic acids is 1. The van der Waals surface area contributed by atoms with Crippen LogP contribution in [-0.2, 0) is 6.54 Å². The Hall–Kier alpha value is -1.10. The number of nitrogen functional groups attached to an aromatic ring is 1. The van der Waals surface area contributed by atoms with Gasteiger partial charge in [-0.05, 0) is 38.5 Å². The highest BCUT2D eigenvalue weighted by Crippen LogP contribution is 2.27. The molecule has 19 heavy (non-hydrogen) atoms. The van der Waals surface area contributed by atoms with Crippen LogP contribution in [0.1, 0.15) is 43.1 Å². The van der Waals surface area contributed by atoms with Gasteiger partial charge in [0.1, 0.15) is 5.69 Å². The number of nitrogens with zero attached hydrogens (tertiary/aromatic N) is 1. The number of aromatic nitrogens is 1. The zero-order valence-electron chi connectivity index (χ0n) is 11.7. The van der Waals surface area contributed by atoms with Crippen molar-refractivity contribution in [1.29, 1.82) is 0 Å². The molecule has 3 N–H and O–H groups in total. The van der Waals surface area contributed by atoms with Gasteiger partial charge in [0.15, 0.2) is 0 Å². The van der Waals surface area contributed by atoms with Gasteiger partial charge in [-0.15, -0.1) is 0 Å². The first-order valence-corrected chi connectivity index (χ1v) is 8.22. The van der Waals surface area contributed by atoms with Crippen molar-refractivity contribution in [3.63, 3.8) is 0 Å². The summed E-state index contributed by atoms with van der Waals surface area (Å²) in [6.07, 6.45) is 8.61. The molecule has 2 unspecified atom stereocenters. The van der Waals surface area contributed by atoms with E-state index in [0.29, 0.717) is 22.7 Å². The quantitative estimate of drug-likeness (QED) is 0.891. The number of nitrogens with two attached hydrogens (primary N) is 1. The normalized spacial score (nSPS) is 23.3. The van der Waals surface area contributed by atoms with Crippen LogP contribution in [0.5, 0.6) is 0 Å². The summed E-state index contributed by atoms with van der Waals surface area (Å²) in [5.74, 6) is 0.00491. The fourth-order valence-electron chi connectivity index (χ4n) is 2.73. The van der Waals surface area contributed by atoms with E-state index in [0.717, 1.165) is 19.4 Å². The van der Waals surface area contributed by atoms with Gasteiger partial charge >= 0.3 is 0 Å². The molecule has 1 aromatic rings. The molecule has 1 aliphatic rings. The monoisotopic (exact) mass is 281 g/mol. The Morgan fingerprint density at radius 3 is 3.05 bits per heavy atom. The maximum absolute atomic E-state index is 12.3. The SMILES string of the molecule is CCn1cc(N)cc1C(=O)NC1CCCC(SC)C1. The average Bonchev–Trinajstić information content (AvgIpc) is 2.80. The lowest BCUT2D eigenvalue weighted by atomic mass is 9.95. The summed E-state index contributed by atoms with van der Waals surface area (Å²) in [4.78, 5) is 12.3. The minimum atomic E-state index is 0.00491. The van der Waals surface area contributed by atoms with Crippen molar-refractivity contribution in [2.45, 2.75) is 50.4 Å². The fraction of sp³-hybridized carbons (Fsp3) is 0.643. The van der Waals surface area contributed by atoms with Crippen molar-refractivity contribution in [3.05, 3.63) is 18.0 Å². The van der Waals surface area contributed by atoms with Gasteiger partial charge in [0.2, 0.25) is 0 Å². The highest BCUT2D eigenvalue weighted by Gasteiger charge is 2.23. The third-order valence-electron chi connectivity index (χ3n) is 3.79. The van der Waals surface area contributed by atoms with E-state index >= 15 is 0 Å². The minimum absolute atomic E-state index is 0.00491. The fourth-order valence-corrected chi connectivity index (χ4v) is 3.56. The van der Waals surface area contributed by atoms with E-state index in [4.69, 9.17) is 5.73 Å². The summed E-state index contributed by atoms with van der Waals surface area (Å²) in [6, 6.07) is 2.06. The minimum Gasteiger partial charge on any atom is -0.397 e. The largest absolute Gasteiger partial charge is 0.397 e. The van der Waals surface area contributed by atoms with Gasteiger partial charge in [-0.1, -0.05) is 6.42 Å². The number of rotatable bonds is 4. The zero-order valence-corrected chi connectivity index (χ0v) is 12.5. The number of aryl methyl sites for hydroxylation is 1. The number of hydrogen-bond donors (Lipinski definition) is 2. The summed E-state index contributed by atoms with van der Waals surface area (Å²) >= 11 is 1.91. The summed E-state index contributed by atoms with van der Waals surface area (Å²) in [7, 11) is 0. The number of carbonyl (C=O) groups is 1. The van der Waals surface area contributed by atoms with Gasteiger partial charge in [0.05, 0.1) is 5.69 Å². The first-order chi connectivity index (χ1) is 9.13. The van der Waals surface area contributed by atoms with E-state index in [-0.39, 0.29) is 5.91 Å². The van der Waals surface area contributed by atoms with Crippen LogP contribution in [0.2, 0.25) is 0 Å². The Balaban J connectivity index is 2.00.